The van der Waals surface area contributed by atoms with E-state index in [0.29, 0.717) is 0 Å². The molecule has 1 fully saturated rings. The maximum Gasteiger partial charge on any atom is 0.374 e. The van der Waals surface area contributed by atoms with Crippen LogP contribution in [0.1, 0.15) is 39.0 Å². The molecule has 0 amide bonds. The Morgan fingerprint density at radius 1 is 1.33 bits per heavy atom. The van der Waals surface area contributed by atoms with Crippen LogP contribution in [-0.2, 0) is 14.3 Å². The van der Waals surface area contributed by atoms with Gasteiger partial charge in [0, 0.05) is 6.42 Å². The van der Waals surface area contributed by atoms with Crippen molar-refractivity contribution in [2.24, 2.45) is 0 Å². The Labute approximate surface area is 72.1 Å². The quantitative estimate of drug-likeness (QED) is 0.475. The SMILES string of the molecule is CCC(=O)C(=O)OC1CCCC1. The number of ether oxygens (including phenoxy) is 1. The summed E-state index contributed by atoms with van der Waals surface area (Å²) in [5.74, 6) is -1.06. The van der Waals surface area contributed by atoms with Gasteiger partial charge in [0.15, 0.2) is 0 Å². The molecule has 0 aromatic rings. The molecule has 1 aliphatic carbocycles. The third-order valence-electron chi connectivity index (χ3n) is 2.12. The molecule has 0 aromatic carbocycles. The molecule has 0 spiro atoms. The summed E-state index contributed by atoms with van der Waals surface area (Å²) in [4.78, 5) is 21.8. The van der Waals surface area contributed by atoms with Crippen molar-refractivity contribution in [2.45, 2.75) is 45.1 Å². The molecule has 0 N–H and O–H groups in total. The Kier molecular flexibility index (Phi) is 3.26. The molecule has 3 heteroatoms. The first kappa shape index (κ1) is 9.23. The van der Waals surface area contributed by atoms with Crippen LogP contribution in [0.4, 0.5) is 0 Å². The van der Waals surface area contributed by atoms with Crippen LogP contribution in [0.3, 0.4) is 0 Å². The molecule has 0 aliphatic heterocycles. The number of carbonyl (C=O) groups is 2. The average molecular weight is 170 g/mol. The molecular weight excluding hydrogens is 156 g/mol. The molecule has 3 nitrogen and oxygen atoms in total. The van der Waals surface area contributed by atoms with Crippen LogP contribution in [0.25, 0.3) is 0 Å². The van der Waals surface area contributed by atoms with Crippen molar-refractivity contribution < 1.29 is 14.3 Å². The van der Waals surface area contributed by atoms with Gasteiger partial charge in [0.05, 0.1) is 0 Å². The number of hydrogen-bond acceptors (Lipinski definition) is 3. The normalized spacial score (nSPS) is 17.8. The maximum atomic E-state index is 11.0. The van der Waals surface area contributed by atoms with E-state index >= 15 is 0 Å². The lowest BCUT2D eigenvalue weighted by Crippen LogP contribution is -2.21. The molecule has 1 rings (SSSR count). The van der Waals surface area contributed by atoms with Crippen LogP contribution < -0.4 is 0 Å². The molecule has 0 radical (unpaired) electrons. The summed E-state index contributed by atoms with van der Waals surface area (Å²) in [5.41, 5.74) is 0. The van der Waals surface area contributed by atoms with E-state index < -0.39 is 11.8 Å². The summed E-state index contributed by atoms with van der Waals surface area (Å²) in [7, 11) is 0. The van der Waals surface area contributed by atoms with Gasteiger partial charge in [0.25, 0.3) is 0 Å². The Morgan fingerprint density at radius 2 is 1.92 bits per heavy atom. The van der Waals surface area contributed by atoms with Gasteiger partial charge in [-0.05, 0) is 25.7 Å². The number of esters is 1. The minimum absolute atomic E-state index is 0.00741. The van der Waals surface area contributed by atoms with E-state index in [1.165, 1.54) is 0 Å². The van der Waals surface area contributed by atoms with E-state index in [1.807, 2.05) is 0 Å². The second-order valence-electron chi connectivity index (χ2n) is 3.09. The van der Waals surface area contributed by atoms with Crippen LogP contribution >= 0.6 is 0 Å². The number of carbonyl (C=O) groups excluding carboxylic acids is 2. The summed E-state index contributed by atoms with van der Waals surface area (Å²) < 4.78 is 4.98. The Balaban J connectivity index is 2.29. The molecule has 0 atom stereocenters. The van der Waals surface area contributed by atoms with Gasteiger partial charge in [-0.25, -0.2) is 4.79 Å². The van der Waals surface area contributed by atoms with Crippen molar-refractivity contribution in [2.75, 3.05) is 0 Å². The second kappa shape index (κ2) is 4.24. The standard InChI is InChI=1S/C9H14O3/c1-2-8(10)9(11)12-7-5-3-4-6-7/h7H,2-6H2,1H3. The highest BCUT2D eigenvalue weighted by Gasteiger charge is 2.22. The Hall–Kier alpha value is -0.860. The Bertz CT molecular complexity index is 180. The fourth-order valence-electron chi connectivity index (χ4n) is 1.37. The van der Waals surface area contributed by atoms with Gasteiger partial charge < -0.3 is 4.74 Å². The minimum atomic E-state index is -0.649. The molecule has 12 heavy (non-hydrogen) atoms. The first-order valence-corrected chi connectivity index (χ1v) is 4.48. The lowest BCUT2D eigenvalue weighted by molar-refractivity contribution is -0.157. The van der Waals surface area contributed by atoms with Gasteiger partial charge >= 0.3 is 5.97 Å². The zero-order valence-electron chi connectivity index (χ0n) is 7.34. The number of ketones is 1. The van der Waals surface area contributed by atoms with Gasteiger partial charge in [-0.3, -0.25) is 4.79 Å². The highest BCUT2D eigenvalue weighted by molar-refractivity contribution is 6.33. The third kappa shape index (κ3) is 2.32. The highest BCUT2D eigenvalue weighted by atomic mass is 16.5. The van der Waals surface area contributed by atoms with E-state index in [4.69, 9.17) is 4.74 Å². The topological polar surface area (TPSA) is 43.4 Å². The molecule has 0 unspecified atom stereocenters. The van der Waals surface area contributed by atoms with Crippen molar-refractivity contribution in [1.29, 1.82) is 0 Å². The van der Waals surface area contributed by atoms with Crippen molar-refractivity contribution in [3.8, 4) is 0 Å². The second-order valence-corrected chi connectivity index (χ2v) is 3.09. The average Bonchev–Trinajstić information content (AvgIpc) is 2.55. The van der Waals surface area contributed by atoms with Gasteiger partial charge in [0.1, 0.15) is 6.10 Å². The van der Waals surface area contributed by atoms with E-state index in [2.05, 4.69) is 0 Å². The summed E-state index contributed by atoms with van der Waals surface area (Å²) in [6.07, 6.45) is 4.31. The fraction of sp³-hybridized carbons (Fsp3) is 0.778. The van der Waals surface area contributed by atoms with Crippen LogP contribution in [-0.4, -0.2) is 17.9 Å². The van der Waals surface area contributed by atoms with E-state index in [1.54, 1.807) is 6.92 Å². The molecule has 0 saturated heterocycles. The summed E-state index contributed by atoms with van der Waals surface area (Å²) in [6, 6.07) is 0. The van der Waals surface area contributed by atoms with Gasteiger partial charge in [-0.1, -0.05) is 6.92 Å². The van der Waals surface area contributed by atoms with Gasteiger partial charge in [0.2, 0.25) is 5.78 Å². The zero-order chi connectivity index (χ0) is 8.97. The largest absolute Gasteiger partial charge is 0.457 e. The number of hydrogen-bond donors (Lipinski definition) is 0. The molecular formula is C9H14O3. The first-order chi connectivity index (χ1) is 5.74. The fourth-order valence-corrected chi connectivity index (χ4v) is 1.37. The van der Waals surface area contributed by atoms with Gasteiger partial charge in [-0.2, -0.15) is 0 Å². The van der Waals surface area contributed by atoms with E-state index in [-0.39, 0.29) is 12.5 Å². The molecule has 0 bridgehead atoms. The van der Waals surface area contributed by atoms with Crippen molar-refractivity contribution in [3.05, 3.63) is 0 Å². The predicted octanol–water partition coefficient (Wildman–Crippen LogP) is 1.45. The molecule has 0 heterocycles. The van der Waals surface area contributed by atoms with E-state index in [0.717, 1.165) is 25.7 Å². The first-order valence-electron chi connectivity index (χ1n) is 4.48. The maximum absolute atomic E-state index is 11.0. The number of Topliss-reactive ketones (excluding diaryl/α,β-unsaturated/α-hetero) is 1. The van der Waals surface area contributed by atoms with Crippen molar-refractivity contribution in [3.63, 3.8) is 0 Å². The van der Waals surface area contributed by atoms with Crippen LogP contribution in [0.15, 0.2) is 0 Å². The van der Waals surface area contributed by atoms with Crippen LogP contribution in [0.2, 0.25) is 0 Å². The summed E-state index contributed by atoms with van der Waals surface area (Å²) >= 11 is 0. The number of rotatable bonds is 3. The molecule has 1 saturated carbocycles. The lowest BCUT2D eigenvalue weighted by atomic mass is 10.3. The van der Waals surface area contributed by atoms with Crippen molar-refractivity contribution >= 4 is 11.8 Å². The highest BCUT2D eigenvalue weighted by Crippen LogP contribution is 2.20. The third-order valence-corrected chi connectivity index (χ3v) is 2.12. The predicted molar refractivity (Wildman–Crippen MR) is 43.6 cm³/mol. The molecule has 1 aliphatic rings. The van der Waals surface area contributed by atoms with Crippen LogP contribution in [0.5, 0.6) is 0 Å². The van der Waals surface area contributed by atoms with Crippen LogP contribution in [0, 0.1) is 0 Å². The monoisotopic (exact) mass is 170 g/mol. The summed E-state index contributed by atoms with van der Waals surface area (Å²) in [5, 5.41) is 0. The van der Waals surface area contributed by atoms with E-state index in [9.17, 15) is 9.59 Å². The van der Waals surface area contributed by atoms with Gasteiger partial charge in [-0.15, -0.1) is 0 Å². The Morgan fingerprint density at radius 3 is 2.42 bits per heavy atom. The summed E-state index contributed by atoms with van der Waals surface area (Å²) in [6.45, 7) is 1.66. The minimum Gasteiger partial charge on any atom is -0.457 e. The molecule has 0 aromatic heterocycles. The van der Waals surface area contributed by atoms with Crippen molar-refractivity contribution in [1.82, 2.24) is 0 Å². The lowest BCUT2D eigenvalue weighted by Gasteiger charge is -2.09. The zero-order valence-corrected chi connectivity index (χ0v) is 7.34. The smallest absolute Gasteiger partial charge is 0.374 e. The molecule has 68 valence electrons.